The van der Waals surface area contributed by atoms with Crippen LogP contribution in [0.15, 0.2) is 53.1 Å². The van der Waals surface area contributed by atoms with Gasteiger partial charge in [-0.1, -0.05) is 0 Å². The highest BCUT2D eigenvalue weighted by Gasteiger charge is 2.10. The van der Waals surface area contributed by atoms with Crippen LogP contribution >= 0.6 is 0 Å². The predicted octanol–water partition coefficient (Wildman–Crippen LogP) is 4.42. The highest BCUT2D eigenvalue weighted by Crippen LogP contribution is 2.29. The molecule has 0 aliphatic carbocycles. The molecule has 2 aromatic carbocycles. The highest BCUT2D eigenvalue weighted by molar-refractivity contribution is 5.90. The molecule has 4 rings (SSSR count). The van der Waals surface area contributed by atoms with Crippen LogP contribution in [-0.4, -0.2) is 24.1 Å². The molecule has 0 aliphatic rings. The molecule has 2 aromatic heterocycles. The quantitative estimate of drug-likeness (QED) is 0.514. The number of anilines is 1. The van der Waals surface area contributed by atoms with Gasteiger partial charge in [0.15, 0.2) is 0 Å². The molecule has 2 heterocycles. The van der Waals surface area contributed by atoms with Gasteiger partial charge in [0.1, 0.15) is 5.76 Å². The number of hydrogen-bond acceptors (Lipinski definition) is 4. The summed E-state index contributed by atoms with van der Waals surface area (Å²) in [6.45, 7) is 2.07. The van der Waals surface area contributed by atoms with Crippen molar-refractivity contribution in [2.45, 2.75) is 6.92 Å². The van der Waals surface area contributed by atoms with Crippen LogP contribution < -0.4 is 4.90 Å². The molecule has 0 fully saturated rings. The number of hydrogen-bond donors (Lipinski definition) is 0. The van der Waals surface area contributed by atoms with Crippen LogP contribution in [0.5, 0.6) is 0 Å². The minimum atomic E-state index is 0.855. The van der Waals surface area contributed by atoms with E-state index in [0.29, 0.717) is 0 Å². The van der Waals surface area contributed by atoms with Crippen molar-refractivity contribution in [3.05, 3.63) is 54.3 Å². The molecule has 0 radical (unpaired) electrons. The molecular weight excluding hydrogens is 286 g/mol. The van der Waals surface area contributed by atoms with E-state index in [-0.39, 0.29) is 0 Å². The molecule has 0 saturated carbocycles. The maximum absolute atomic E-state index is 5.53. The summed E-state index contributed by atoms with van der Waals surface area (Å²) in [7, 11) is 4.04. The van der Waals surface area contributed by atoms with Crippen LogP contribution in [0.1, 0.15) is 5.56 Å². The van der Waals surface area contributed by atoms with Gasteiger partial charge in [0.25, 0.3) is 0 Å². The third-order valence-electron chi connectivity index (χ3n) is 4.07. The first kappa shape index (κ1) is 13.8. The van der Waals surface area contributed by atoms with Crippen LogP contribution in [-0.2, 0) is 0 Å². The van der Waals surface area contributed by atoms with Crippen LogP contribution in [0.3, 0.4) is 0 Å². The second kappa shape index (κ2) is 5.09. The monoisotopic (exact) mass is 303 g/mol. The molecular formula is C19H17N3O. The van der Waals surface area contributed by atoms with Crippen molar-refractivity contribution >= 4 is 27.8 Å². The summed E-state index contributed by atoms with van der Waals surface area (Å²) in [6.07, 6.45) is 1.69. The highest BCUT2D eigenvalue weighted by atomic mass is 16.3. The zero-order valence-electron chi connectivity index (χ0n) is 13.4. The number of nitrogens with zero attached hydrogens (tertiary/aromatic N) is 3. The van der Waals surface area contributed by atoms with Crippen LogP contribution in [0.4, 0.5) is 5.69 Å². The average molecular weight is 303 g/mol. The first-order valence-corrected chi connectivity index (χ1v) is 7.55. The molecule has 0 aliphatic heterocycles. The van der Waals surface area contributed by atoms with Gasteiger partial charge in [-0.3, -0.25) is 0 Å². The summed E-state index contributed by atoms with van der Waals surface area (Å²) < 4.78 is 5.53. The third kappa shape index (κ3) is 2.32. The van der Waals surface area contributed by atoms with E-state index < -0.39 is 0 Å². The molecule has 0 amide bonds. The average Bonchev–Trinajstić information content (AvgIpc) is 3.06. The Balaban J connectivity index is 1.97. The van der Waals surface area contributed by atoms with Gasteiger partial charge in [-0.15, -0.1) is 0 Å². The standard InChI is InChI=1S/C19H17N3O/c1-12-9-16-18(11-14(12)19-5-4-8-23-19)21-17-10-13(22(2)3)6-7-15(17)20-16/h4-11H,1-3H3. The van der Waals surface area contributed by atoms with Gasteiger partial charge < -0.3 is 9.32 Å². The van der Waals surface area contributed by atoms with Crippen molar-refractivity contribution in [1.82, 2.24) is 9.97 Å². The smallest absolute Gasteiger partial charge is 0.134 e. The van der Waals surface area contributed by atoms with E-state index in [1.54, 1.807) is 6.26 Å². The summed E-state index contributed by atoms with van der Waals surface area (Å²) in [5.41, 5.74) is 6.90. The number of benzene rings is 2. The summed E-state index contributed by atoms with van der Waals surface area (Å²) in [4.78, 5) is 11.6. The maximum Gasteiger partial charge on any atom is 0.134 e. The molecule has 0 spiro atoms. The predicted molar refractivity (Wildman–Crippen MR) is 93.8 cm³/mol. The fourth-order valence-corrected chi connectivity index (χ4v) is 2.79. The van der Waals surface area contributed by atoms with Gasteiger partial charge in [-0.25, -0.2) is 9.97 Å². The minimum Gasteiger partial charge on any atom is -0.464 e. The second-order valence-corrected chi connectivity index (χ2v) is 5.92. The van der Waals surface area contributed by atoms with E-state index in [1.807, 2.05) is 32.3 Å². The fraction of sp³-hybridized carbons (Fsp3) is 0.158. The molecule has 0 unspecified atom stereocenters. The normalized spacial score (nSPS) is 11.3. The van der Waals surface area contributed by atoms with Gasteiger partial charge in [0, 0.05) is 25.3 Å². The van der Waals surface area contributed by atoms with E-state index in [0.717, 1.165) is 44.6 Å². The van der Waals surface area contributed by atoms with E-state index in [1.165, 1.54) is 0 Å². The Morgan fingerprint density at radius 2 is 1.61 bits per heavy atom. The number of aromatic nitrogens is 2. The lowest BCUT2D eigenvalue weighted by Crippen LogP contribution is -2.08. The fourth-order valence-electron chi connectivity index (χ4n) is 2.79. The third-order valence-corrected chi connectivity index (χ3v) is 4.07. The topological polar surface area (TPSA) is 42.2 Å². The first-order valence-electron chi connectivity index (χ1n) is 7.55. The van der Waals surface area contributed by atoms with Gasteiger partial charge in [0.05, 0.1) is 28.3 Å². The lowest BCUT2D eigenvalue weighted by molar-refractivity contribution is 0.582. The molecule has 114 valence electrons. The number of fused-ring (bicyclic) bond motifs is 2. The zero-order valence-corrected chi connectivity index (χ0v) is 13.4. The molecule has 0 atom stereocenters. The maximum atomic E-state index is 5.53. The van der Waals surface area contributed by atoms with Crippen molar-refractivity contribution in [3.63, 3.8) is 0 Å². The van der Waals surface area contributed by atoms with Gasteiger partial charge in [0.2, 0.25) is 0 Å². The van der Waals surface area contributed by atoms with E-state index in [9.17, 15) is 0 Å². The molecule has 4 aromatic rings. The Hall–Kier alpha value is -2.88. The van der Waals surface area contributed by atoms with Gasteiger partial charge in [-0.2, -0.15) is 0 Å². The second-order valence-electron chi connectivity index (χ2n) is 5.92. The first-order chi connectivity index (χ1) is 11.1. The Bertz CT molecular complexity index is 1000. The lowest BCUT2D eigenvalue weighted by atomic mass is 10.0. The summed E-state index contributed by atoms with van der Waals surface area (Å²) >= 11 is 0. The molecule has 0 N–H and O–H groups in total. The van der Waals surface area contributed by atoms with Crippen molar-refractivity contribution in [3.8, 4) is 11.3 Å². The molecule has 0 bridgehead atoms. The largest absolute Gasteiger partial charge is 0.464 e. The zero-order chi connectivity index (χ0) is 16.0. The number of furan rings is 1. The van der Waals surface area contributed by atoms with Crippen molar-refractivity contribution in [2.24, 2.45) is 0 Å². The van der Waals surface area contributed by atoms with Crippen LogP contribution in [0.25, 0.3) is 33.4 Å². The van der Waals surface area contributed by atoms with Crippen LogP contribution in [0.2, 0.25) is 0 Å². The summed E-state index contributed by atoms with van der Waals surface area (Å²) in [5.74, 6) is 0.855. The SMILES string of the molecule is Cc1cc2nc3ccc(N(C)C)cc3nc2cc1-c1ccco1. The van der Waals surface area contributed by atoms with E-state index in [4.69, 9.17) is 14.4 Å². The summed E-state index contributed by atoms with van der Waals surface area (Å²) in [6, 6.07) is 14.1. The van der Waals surface area contributed by atoms with Crippen molar-refractivity contribution in [1.29, 1.82) is 0 Å². The van der Waals surface area contributed by atoms with Gasteiger partial charge in [-0.05, 0) is 55.0 Å². The van der Waals surface area contributed by atoms with E-state index in [2.05, 4.69) is 36.1 Å². The Morgan fingerprint density at radius 1 is 0.870 bits per heavy atom. The Labute approximate surface area is 134 Å². The van der Waals surface area contributed by atoms with E-state index >= 15 is 0 Å². The van der Waals surface area contributed by atoms with Crippen LogP contribution in [0, 0.1) is 6.92 Å². The number of aryl methyl sites for hydroxylation is 1. The summed E-state index contributed by atoms with van der Waals surface area (Å²) in [5, 5.41) is 0. The lowest BCUT2D eigenvalue weighted by Gasteiger charge is -2.13. The Kier molecular flexibility index (Phi) is 3.05. The van der Waals surface area contributed by atoms with Crippen molar-refractivity contribution in [2.75, 3.05) is 19.0 Å². The van der Waals surface area contributed by atoms with Crippen molar-refractivity contribution < 1.29 is 4.42 Å². The molecule has 4 heteroatoms. The molecule has 0 saturated heterocycles. The minimum absolute atomic E-state index is 0.855. The van der Waals surface area contributed by atoms with Gasteiger partial charge >= 0.3 is 0 Å². The number of rotatable bonds is 2. The molecule has 4 nitrogen and oxygen atoms in total. The Morgan fingerprint density at radius 3 is 2.35 bits per heavy atom. The molecule has 23 heavy (non-hydrogen) atoms.